The van der Waals surface area contributed by atoms with Crippen molar-refractivity contribution in [2.75, 3.05) is 0 Å². The van der Waals surface area contributed by atoms with E-state index in [1.165, 1.54) is 24.3 Å². The fourth-order valence-corrected chi connectivity index (χ4v) is 1.41. The van der Waals surface area contributed by atoms with E-state index in [1.807, 2.05) is 0 Å². The first-order chi connectivity index (χ1) is 9.00. The Bertz CT molecular complexity index is 555. The van der Waals surface area contributed by atoms with Crippen molar-refractivity contribution in [3.05, 3.63) is 47.7 Å². The lowest BCUT2D eigenvalue weighted by Crippen LogP contribution is -2.07. The molecule has 0 amide bonds. The van der Waals surface area contributed by atoms with Crippen LogP contribution < -0.4 is 10.5 Å². The van der Waals surface area contributed by atoms with Crippen molar-refractivity contribution >= 4 is 0 Å². The first-order valence-corrected chi connectivity index (χ1v) is 5.37. The van der Waals surface area contributed by atoms with Gasteiger partial charge in [0, 0.05) is 12.6 Å². The minimum absolute atomic E-state index is 0.0195. The maximum atomic E-state index is 12.7. The van der Waals surface area contributed by atoms with E-state index in [9.17, 15) is 13.2 Å². The van der Waals surface area contributed by atoms with Crippen molar-refractivity contribution in [3.63, 3.8) is 0 Å². The maximum absolute atomic E-state index is 12.7. The number of hydrogen-bond donors (Lipinski definition) is 1. The molecule has 0 aliphatic heterocycles. The van der Waals surface area contributed by atoms with Crippen LogP contribution in [-0.4, -0.2) is 10.2 Å². The summed E-state index contributed by atoms with van der Waals surface area (Å²) in [5.74, 6) is -0.335. The predicted molar refractivity (Wildman–Crippen MR) is 61.4 cm³/mol. The summed E-state index contributed by atoms with van der Waals surface area (Å²) in [6.07, 6.45) is -4.48. The number of benzene rings is 1. The second-order valence-corrected chi connectivity index (χ2v) is 3.66. The molecule has 2 N–H and O–H groups in total. The molecular weight excluding hydrogens is 259 g/mol. The lowest BCUT2D eigenvalue weighted by atomic mass is 10.2. The number of halogens is 3. The topological polar surface area (TPSA) is 61.0 Å². The van der Waals surface area contributed by atoms with Gasteiger partial charge in [0.1, 0.15) is 5.75 Å². The van der Waals surface area contributed by atoms with E-state index in [-0.39, 0.29) is 18.2 Å². The van der Waals surface area contributed by atoms with Crippen molar-refractivity contribution in [1.29, 1.82) is 0 Å². The fraction of sp³-hybridized carbons (Fsp3) is 0.167. The van der Waals surface area contributed by atoms with Crippen molar-refractivity contribution in [2.24, 2.45) is 5.73 Å². The minimum Gasteiger partial charge on any atom is -0.437 e. The summed E-state index contributed by atoms with van der Waals surface area (Å²) in [5, 5.41) is 7.35. The van der Waals surface area contributed by atoms with E-state index >= 15 is 0 Å². The quantitative estimate of drug-likeness (QED) is 0.930. The van der Waals surface area contributed by atoms with Crippen LogP contribution in [-0.2, 0) is 12.7 Å². The Morgan fingerprint density at radius 2 is 1.79 bits per heavy atom. The molecule has 1 aromatic carbocycles. The maximum Gasteiger partial charge on any atom is 0.419 e. The van der Waals surface area contributed by atoms with Crippen molar-refractivity contribution in [3.8, 4) is 11.6 Å². The number of alkyl halides is 3. The van der Waals surface area contributed by atoms with Gasteiger partial charge in [0.15, 0.2) is 0 Å². The third kappa shape index (κ3) is 3.19. The Balaban J connectivity index is 2.28. The van der Waals surface area contributed by atoms with Crippen LogP contribution in [0.4, 0.5) is 13.2 Å². The summed E-state index contributed by atoms with van der Waals surface area (Å²) in [6, 6.07) is 7.87. The zero-order chi connectivity index (χ0) is 13.9. The van der Waals surface area contributed by atoms with Gasteiger partial charge in [-0.1, -0.05) is 12.1 Å². The summed E-state index contributed by atoms with van der Waals surface area (Å²) >= 11 is 0. The Morgan fingerprint density at radius 3 is 2.37 bits per heavy atom. The van der Waals surface area contributed by atoms with Gasteiger partial charge in [-0.05, 0) is 18.2 Å². The normalized spacial score (nSPS) is 11.4. The first kappa shape index (κ1) is 13.3. The van der Waals surface area contributed by atoms with Crippen molar-refractivity contribution in [1.82, 2.24) is 10.2 Å². The second-order valence-electron chi connectivity index (χ2n) is 3.66. The Labute approximate surface area is 107 Å². The van der Waals surface area contributed by atoms with E-state index in [0.29, 0.717) is 5.69 Å². The van der Waals surface area contributed by atoms with E-state index in [1.54, 1.807) is 6.07 Å². The monoisotopic (exact) mass is 269 g/mol. The average molecular weight is 269 g/mol. The SMILES string of the molecule is NCc1ccc(Oc2ccccc2C(F)(F)F)nn1. The molecule has 0 saturated carbocycles. The number of nitrogens with two attached hydrogens (primary N) is 1. The third-order valence-corrected chi connectivity index (χ3v) is 2.31. The van der Waals surface area contributed by atoms with Crippen LogP contribution in [0.25, 0.3) is 0 Å². The number of para-hydroxylation sites is 1. The number of nitrogens with zero attached hydrogens (tertiary/aromatic N) is 2. The third-order valence-electron chi connectivity index (χ3n) is 2.31. The highest BCUT2D eigenvalue weighted by molar-refractivity contribution is 5.37. The van der Waals surface area contributed by atoms with Crippen LogP contribution in [0.1, 0.15) is 11.3 Å². The molecule has 0 saturated heterocycles. The van der Waals surface area contributed by atoms with Crippen molar-refractivity contribution in [2.45, 2.75) is 12.7 Å². The summed E-state index contributed by atoms with van der Waals surface area (Å²) < 4.78 is 43.3. The molecule has 7 heteroatoms. The number of hydrogen-bond acceptors (Lipinski definition) is 4. The molecule has 19 heavy (non-hydrogen) atoms. The Morgan fingerprint density at radius 1 is 1.05 bits per heavy atom. The largest absolute Gasteiger partial charge is 0.437 e. The van der Waals surface area contributed by atoms with Crippen LogP contribution >= 0.6 is 0 Å². The lowest BCUT2D eigenvalue weighted by Gasteiger charge is -2.12. The van der Waals surface area contributed by atoms with Crippen LogP contribution in [0.15, 0.2) is 36.4 Å². The molecule has 2 rings (SSSR count). The number of aromatic nitrogens is 2. The van der Waals surface area contributed by atoms with Crippen LogP contribution in [0, 0.1) is 0 Å². The van der Waals surface area contributed by atoms with E-state index in [2.05, 4.69) is 10.2 Å². The zero-order valence-electron chi connectivity index (χ0n) is 9.69. The van der Waals surface area contributed by atoms with Gasteiger partial charge in [0.25, 0.3) is 0 Å². The summed E-state index contributed by atoms with van der Waals surface area (Å²) in [5.41, 5.74) is 5.00. The molecular formula is C12H10F3N3O. The van der Waals surface area contributed by atoms with E-state index in [0.717, 1.165) is 6.07 Å². The Hall–Kier alpha value is -2.15. The molecule has 4 nitrogen and oxygen atoms in total. The molecule has 0 fully saturated rings. The molecule has 0 spiro atoms. The smallest absolute Gasteiger partial charge is 0.419 e. The molecule has 2 aromatic rings. The molecule has 0 aliphatic rings. The molecule has 100 valence electrons. The zero-order valence-corrected chi connectivity index (χ0v) is 9.69. The standard InChI is InChI=1S/C12H10F3N3O/c13-12(14,15)9-3-1-2-4-10(9)19-11-6-5-8(7-16)17-18-11/h1-6H,7,16H2. The van der Waals surface area contributed by atoms with Crippen LogP contribution in [0.3, 0.4) is 0 Å². The van der Waals surface area contributed by atoms with E-state index < -0.39 is 11.7 Å². The van der Waals surface area contributed by atoms with Gasteiger partial charge in [-0.25, -0.2) is 0 Å². The van der Waals surface area contributed by atoms with Gasteiger partial charge in [-0.15, -0.1) is 5.10 Å². The average Bonchev–Trinajstić information content (AvgIpc) is 2.39. The predicted octanol–water partition coefficient (Wildman–Crippen LogP) is 2.75. The number of ether oxygens (including phenoxy) is 1. The molecule has 0 bridgehead atoms. The van der Waals surface area contributed by atoms with Gasteiger partial charge in [0.2, 0.25) is 5.88 Å². The molecule has 0 atom stereocenters. The van der Waals surface area contributed by atoms with Crippen LogP contribution in [0.5, 0.6) is 11.6 Å². The molecule has 0 unspecified atom stereocenters. The summed E-state index contributed by atoms with van der Waals surface area (Å²) in [6.45, 7) is 0.201. The van der Waals surface area contributed by atoms with Gasteiger partial charge in [-0.2, -0.15) is 18.3 Å². The molecule has 1 aromatic heterocycles. The minimum atomic E-state index is -4.48. The van der Waals surface area contributed by atoms with Gasteiger partial charge in [-0.3, -0.25) is 0 Å². The van der Waals surface area contributed by atoms with Crippen molar-refractivity contribution < 1.29 is 17.9 Å². The van der Waals surface area contributed by atoms with Gasteiger partial charge in [0.05, 0.1) is 11.3 Å². The highest BCUT2D eigenvalue weighted by atomic mass is 19.4. The highest BCUT2D eigenvalue weighted by Crippen LogP contribution is 2.37. The summed E-state index contributed by atoms with van der Waals surface area (Å²) in [4.78, 5) is 0. The second kappa shape index (κ2) is 5.23. The van der Waals surface area contributed by atoms with E-state index in [4.69, 9.17) is 10.5 Å². The molecule has 0 aliphatic carbocycles. The highest BCUT2D eigenvalue weighted by Gasteiger charge is 2.34. The van der Waals surface area contributed by atoms with Gasteiger partial charge < -0.3 is 10.5 Å². The summed E-state index contributed by atoms with van der Waals surface area (Å²) in [7, 11) is 0. The fourth-order valence-electron chi connectivity index (χ4n) is 1.41. The van der Waals surface area contributed by atoms with Crippen LogP contribution in [0.2, 0.25) is 0 Å². The van der Waals surface area contributed by atoms with Gasteiger partial charge >= 0.3 is 6.18 Å². The molecule has 1 heterocycles. The first-order valence-electron chi connectivity index (χ1n) is 5.37. The molecule has 0 radical (unpaired) electrons. The lowest BCUT2D eigenvalue weighted by molar-refractivity contribution is -0.138. The number of rotatable bonds is 3. The Kier molecular flexibility index (Phi) is 3.66.